The van der Waals surface area contributed by atoms with Crippen molar-refractivity contribution >= 4 is 11.9 Å². The molecule has 116 valence electrons. The van der Waals surface area contributed by atoms with Gasteiger partial charge in [0, 0.05) is 32.2 Å². The Labute approximate surface area is 119 Å². The van der Waals surface area contributed by atoms with Gasteiger partial charge in [-0.05, 0) is 25.7 Å². The van der Waals surface area contributed by atoms with Gasteiger partial charge in [0.25, 0.3) is 0 Å². The minimum atomic E-state index is -0.705. The summed E-state index contributed by atoms with van der Waals surface area (Å²) in [6.07, 6.45) is 3.44. The fourth-order valence-corrected chi connectivity index (χ4v) is 2.70. The Morgan fingerprint density at radius 2 is 2.25 bits per heavy atom. The first-order valence-electron chi connectivity index (χ1n) is 6.94. The lowest BCUT2D eigenvalue weighted by Gasteiger charge is -2.42. The number of methoxy groups -OCH3 is 1. The molecule has 1 rings (SSSR count). The Balaban J connectivity index is 2.53. The lowest BCUT2D eigenvalue weighted by Crippen LogP contribution is -2.51. The van der Waals surface area contributed by atoms with Crippen LogP contribution in [0.5, 0.6) is 0 Å². The van der Waals surface area contributed by atoms with Gasteiger partial charge in [-0.15, -0.1) is 0 Å². The van der Waals surface area contributed by atoms with E-state index in [4.69, 9.17) is 10.5 Å². The molecule has 0 bridgehead atoms. The van der Waals surface area contributed by atoms with Crippen molar-refractivity contribution in [3.05, 3.63) is 0 Å². The zero-order valence-corrected chi connectivity index (χ0v) is 12.1. The first-order valence-corrected chi connectivity index (χ1v) is 6.94. The van der Waals surface area contributed by atoms with Crippen LogP contribution in [0.3, 0.4) is 0 Å². The maximum Gasteiger partial charge on any atom is 0.312 e. The maximum absolute atomic E-state index is 12.0. The topological polar surface area (TPSA) is 105 Å². The van der Waals surface area contributed by atoms with Crippen LogP contribution in [0.15, 0.2) is 0 Å². The highest BCUT2D eigenvalue weighted by atomic mass is 16.5. The van der Waals surface area contributed by atoms with E-state index in [9.17, 15) is 14.7 Å². The van der Waals surface area contributed by atoms with Gasteiger partial charge in [0.15, 0.2) is 0 Å². The number of rotatable bonds is 7. The monoisotopic (exact) mass is 287 g/mol. The molecule has 0 unspecified atom stereocenters. The molecule has 0 aromatic rings. The van der Waals surface area contributed by atoms with E-state index in [1.807, 2.05) is 0 Å². The van der Waals surface area contributed by atoms with Crippen molar-refractivity contribution in [2.24, 2.45) is 11.1 Å². The first kappa shape index (κ1) is 16.7. The number of likely N-dealkylation sites (tertiary alicyclic amines) is 1. The second-order valence-corrected chi connectivity index (χ2v) is 5.39. The van der Waals surface area contributed by atoms with E-state index in [2.05, 4.69) is 5.32 Å². The highest BCUT2D eigenvalue weighted by Gasteiger charge is 2.36. The maximum atomic E-state index is 12.0. The van der Waals surface area contributed by atoms with Crippen molar-refractivity contribution in [3.63, 3.8) is 0 Å². The molecule has 1 heterocycles. The molecule has 1 aliphatic heterocycles. The normalized spacial score (nSPS) is 22.6. The van der Waals surface area contributed by atoms with Crippen LogP contribution in [0.25, 0.3) is 0 Å². The van der Waals surface area contributed by atoms with Crippen molar-refractivity contribution < 1.29 is 19.4 Å². The van der Waals surface area contributed by atoms with E-state index in [-0.39, 0.29) is 24.5 Å². The van der Waals surface area contributed by atoms with E-state index in [0.29, 0.717) is 19.7 Å². The van der Waals surface area contributed by atoms with Crippen LogP contribution in [0, 0.1) is 5.41 Å². The summed E-state index contributed by atoms with van der Waals surface area (Å²) in [5.74, 6) is -0.159. The van der Waals surface area contributed by atoms with Crippen molar-refractivity contribution in [2.45, 2.75) is 25.7 Å². The SMILES string of the molecule is COCCC[C@]1(CO)CCCN(C(=O)CNC(N)=O)C1. The largest absolute Gasteiger partial charge is 0.396 e. The summed E-state index contributed by atoms with van der Waals surface area (Å²) in [4.78, 5) is 24.3. The lowest BCUT2D eigenvalue weighted by molar-refractivity contribution is -0.134. The third-order valence-corrected chi connectivity index (χ3v) is 3.82. The van der Waals surface area contributed by atoms with Crippen LogP contribution in [0.1, 0.15) is 25.7 Å². The molecule has 1 fully saturated rings. The highest BCUT2D eigenvalue weighted by Crippen LogP contribution is 2.34. The van der Waals surface area contributed by atoms with Gasteiger partial charge >= 0.3 is 6.03 Å². The molecule has 0 radical (unpaired) electrons. The molecule has 0 aliphatic carbocycles. The Morgan fingerprint density at radius 1 is 1.50 bits per heavy atom. The summed E-state index contributed by atoms with van der Waals surface area (Å²) < 4.78 is 5.04. The summed E-state index contributed by atoms with van der Waals surface area (Å²) >= 11 is 0. The van der Waals surface area contributed by atoms with Gasteiger partial charge in [-0.25, -0.2) is 4.79 Å². The molecule has 1 aliphatic rings. The van der Waals surface area contributed by atoms with Crippen LogP contribution < -0.4 is 11.1 Å². The van der Waals surface area contributed by atoms with Gasteiger partial charge in [-0.2, -0.15) is 0 Å². The Kier molecular flexibility index (Phi) is 6.74. The zero-order valence-electron chi connectivity index (χ0n) is 12.1. The average Bonchev–Trinajstić information content (AvgIpc) is 2.45. The molecule has 0 aromatic carbocycles. The minimum Gasteiger partial charge on any atom is -0.396 e. The Hall–Kier alpha value is -1.34. The number of aliphatic hydroxyl groups excluding tert-OH is 1. The second-order valence-electron chi connectivity index (χ2n) is 5.39. The molecule has 0 aromatic heterocycles. The fraction of sp³-hybridized carbons (Fsp3) is 0.846. The molecule has 20 heavy (non-hydrogen) atoms. The fourth-order valence-electron chi connectivity index (χ4n) is 2.70. The molecule has 0 spiro atoms. The standard InChI is InChI=1S/C13H25N3O4/c1-20-7-3-5-13(10-17)4-2-6-16(9-13)11(18)8-15-12(14)19/h17H,2-10H2,1H3,(H3,14,15,19)/t13-/m1/s1. The van der Waals surface area contributed by atoms with E-state index in [0.717, 1.165) is 25.7 Å². The summed E-state index contributed by atoms with van der Waals surface area (Å²) in [6, 6.07) is -0.705. The van der Waals surface area contributed by atoms with Gasteiger partial charge in [0.2, 0.25) is 5.91 Å². The van der Waals surface area contributed by atoms with Crippen molar-refractivity contribution in [3.8, 4) is 0 Å². The van der Waals surface area contributed by atoms with Crippen LogP contribution in [-0.4, -0.2) is 61.9 Å². The van der Waals surface area contributed by atoms with E-state index in [1.54, 1.807) is 12.0 Å². The number of urea groups is 1. The number of aliphatic hydroxyl groups is 1. The lowest BCUT2D eigenvalue weighted by atomic mass is 9.77. The summed E-state index contributed by atoms with van der Waals surface area (Å²) in [5.41, 5.74) is 4.71. The molecular formula is C13H25N3O4. The molecule has 7 nitrogen and oxygen atoms in total. The van der Waals surface area contributed by atoms with Crippen LogP contribution in [-0.2, 0) is 9.53 Å². The molecular weight excluding hydrogens is 262 g/mol. The third-order valence-electron chi connectivity index (χ3n) is 3.82. The number of hydrogen-bond acceptors (Lipinski definition) is 4. The van der Waals surface area contributed by atoms with Gasteiger partial charge in [-0.1, -0.05) is 0 Å². The zero-order chi connectivity index (χ0) is 15.0. The predicted molar refractivity (Wildman–Crippen MR) is 74.0 cm³/mol. The number of amides is 3. The number of hydrogen-bond donors (Lipinski definition) is 3. The molecule has 1 atom stereocenters. The quantitative estimate of drug-likeness (QED) is 0.558. The predicted octanol–water partition coefficient (Wildman–Crippen LogP) is -0.318. The third kappa shape index (κ3) is 4.97. The molecule has 3 amide bonds. The van der Waals surface area contributed by atoms with Gasteiger partial charge in [0.05, 0.1) is 13.2 Å². The summed E-state index contributed by atoms with van der Waals surface area (Å²) in [6.45, 7) is 1.80. The van der Waals surface area contributed by atoms with Crippen LogP contribution >= 0.6 is 0 Å². The van der Waals surface area contributed by atoms with Crippen molar-refractivity contribution in [1.82, 2.24) is 10.2 Å². The summed E-state index contributed by atoms with van der Waals surface area (Å²) in [5, 5.41) is 12.0. The van der Waals surface area contributed by atoms with Crippen LogP contribution in [0.4, 0.5) is 4.79 Å². The number of carbonyl (C=O) groups is 2. The number of nitrogens with zero attached hydrogens (tertiary/aromatic N) is 1. The number of ether oxygens (including phenoxy) is 1. The van der Waals surface area contributed by atoms with Gasteiger partial charge < -0.3 is 25.8 Å². The molecule has 4 N–H and O–H groups in total. The van der Waals surface area contributed by atoms with E-state index < -0.39 is 6.03 Å². The highest BCUT2D eigenvalue weighted by molar-refractivity contribution is 5.83. The van der Waals surface area contributed by atoms with Crippen LogP contribution in [0.2, 0.25) is 0 Å². The smallest absolute Gasteiger partial charge is 0.312 e. The Morgan fingerprint density at radius 3 is 2.85 bits per heavy atom. The number of carbonyl (C=O) groups excluding carboxylic acids is 2. The average molecular weight is 287 g/mol. The Bertz CT molecular complexity index is 338. The number of piperidine rings is 1. The number of nitrogens with two attached hydrogens (primary N) is 1. The van der Waals surface area contributed by atoms with E-state index in [1.165, 1.54) is 0 Å². The summed E-state index contributed by atoms with van der Waals surface area (Å²) in [7, 11) is 1.65. The first-order chi connectivity index (χ1) is 9.53. The number of nitrogens with one attached hydrogen (secondary N) is 1. The second kappa shape index (κ2) is 8.06. The molecule has 7 heteroatoms. The minimum absolute atomic E-state index is 0.0593. The van der Waals surface area contributed by atoms with Crippen molar-refractivity contribution in [1.29, 1.82) is 0 Å². The molecule has 0 saturated carbocycles. The van der Waals surface area contributed by atoms with Gasteiger partial charge in [0.1, 0.15) is 0 Å². The van der Waals surface area contributed by atoms with Crippen molar-refractivity contribution in [2.75, 3.05) is 40.0 Å². The van der Waals surface area contributed by atoms with Gasteiger partial charge in [-0.3, -0.25) is 4.79 Å². The molecule has 1 saturated heterocycles. The van der Waals surface area contributed by atoms with E-state index >= 15 is 0 Å². The number of primary amides is 1.